The van der Waals surface area contributed by atoms with Crippen LogP contribution < -0.4 is 15.2 Å². The third-order valence-electron chi connectivity index (χ3n) is 4.19. The molecule has 0 radical (unpaired) electrons. The van der Waals surface area contributed by atoms with Gasteiger partial charge in [-0.15, -0.1) is 0 Å². The smallest absolute Gasteiger partial charge is 0.246 e. The van der Waals surface area contributed by atoms with Gasteiger partial charge in [0.2, 0.25) is 11.8 Å². The molecule has 146 valence electrons. The number of amides is 2. The van der Waals surface area contributed by atoms with Gasteiger partial charge in [0.05, 0.1) is 5.02 Å². The van der Waals surface area contributed by atoms with Gasteiger partial charge in [-0.2, -0.15) is 0 Å². The van der Waals surface area contributed by atoms with E-state index in [1.165, 1.54) is 6.08 Å². The Labute approximate surface area is 168 Å². The van der Waals surface area contributed by atoms with Crippen molar-refractivity contribution in [3.05, 3.63) is 64.7 Å². The van der Waals surface area contributed by atoms with Crippen molar-refractivity contribution in [1.82, 2.24) is 4.90 Å². The molecule has 2 amide bonds. The molecule has 2 aromatic rings. The van der Waals surface area contributed by atoms with Crippen LogP contribution in [0.3, 0.4) is 0 Å². The quantitative estimate of drug-likeness (QED) is 0.724. The highest BCUT2D eigenvalue weighted by molar-refractivity contribution is 6.32. The zero-order chi connectivity index (χ0) is 19.9. The number of halogens is 1. The zero-order valence-electron chi connectivity index (χ0n) is 15.3. The molecule has 0 unspecified atom stereocenters. The van der Waals surface area contributed by atoms with Gasteiger partial charge in [-0.25, -0.2) is 0 Å². The summed E-state index contributed by atoms with van der Waals surface area (Å²) >= 11 is 6.23. The van der Waals surface area contributed by atoms with E-state index in [-0.39, 0.29) is 18.9 Å². The molecule has 0 atom stereocenters. The number of hydrogen-bond acceptors (Lipinski definition) is 4. The molecule has 0 bridgehead atoms. The van der Waals surface area contributed by atoms with E-state index < -0.39 is 5.91 Å². The van der Waals surface area contributed by atoms with Crippen molar-refractivity contribution in [2.24, 2.45) is 5.73 Å². The molecule has 7 heteroatoms. The van der Waals surface area contributed by atoms with Gasteiger partial charge in [0.25, 0.3) is 0 Å². The minimum absolute atomic E-state index is 0.0995. The average Bonchev–Trinajstić information content (AvgIpc) is 2.70. The highest BCUT2D eigenvalue weighted by Gasteiger charge is 2.17. The first-order valence-corrected chi connectivity index (χ1v) is 9.29. The Hall–Kier alpha value is -2.99. The van der Waals surface area contributed by atoms with Crippen LogP contribution in [0.2, 0.25) is 5.02 Å². The Morgan fingerprint density at radius 1 is 1.14 bits per heavy atom. The van der Waals surface area contributed by atoms with E-state index in [1.54, 1.807) is 23.1 Å². The number of ether oxygens (including phenoxy) is 2. The predicted molar refractivity (Wildman–Crippen MR) is 107 cm³/mol. The molecular weight excluding hydrogens is 380 g/mol. The Bertz CT molecular complexity index is 883. The highest BCUT2D eigenvalue weighted by Crippen LogP contribution is 2.38. The number of fused-ring (bicyclic) bond motifs is 1. The third kappa shape index (κ3) is 5.27. The average molecular weight is 401 g/mol. The lowest BCUT2D eigenvalue weighted by molar-refractivity contribution is -0.127. The van der Waals surface area contributed by atoms with Gasteiger partial charge in [-0.05, 0) is 29.3 Å². The summed E-state index contributed by atoms with van der Waals surface area (Å²) < 4.78 is 11.0. The van der Waals surface area contributed by atoms with Crippen molar-refractivity contribution in [3.63, 3.8) is 0 Å². The minimum atomic E-state index is -0.451. The van der Waals surface area contributed by atoms with Crippen LogP contribution in [0.5, 0.6) is 11.5 Å². The van der Waals surface area contributed by atoms with Crippen LogP contribution in [0.4, 0.5) is 0 Å². The molecule has 0 saturated carbocycles. The molecule has 2 N–H and O–H groups in total. The molecule has 0 aliphatic carbocycles. The molecule has 1 aliphatic heterocycles. The summed E-state index contributed by atoms with van der Waals surface area (Å²) in [5.41, 5.74) is 6.93. The molecular formula is C21H21ClN2O4. The lowest BCUT2D eigenvalue weighted by Crippen LogP contribution is -2.32. The Morgan fingerprint density at radius 3 is 2.64 bits per heavy atom. The molecule has 0 spiro atoms. The van der Waals surface area contributed by atoms with Gasteiger partial charge < -0.3 is 20.1 Å². The number of nitrogens with two attached hydrogens (primary N) is 1. The van der Waals surface area contributed by atoms with E-state index in [2.05, 4.69) is 0 Å². The van der Waals surface area contributed by atoms with Gasteiger partial charge in [0, 0.05) is 25.6 Å². The summed E-state index contributed by atoms with van der Waals surface area (Å²) in [5.74, 6) is 0.397. The summed E-state index contributed by atoms with van der Waals surface area (Å²) in [6, 6.07) is 13.0. The van der Waals surface area contributed by atoms with Crippen molar-refractivity contribution in [2.75, 3.05) is 19.8 Å². The first-order valence-electron chi connectivity index (χ1n) is 8.91. The summed E-state index contributed by atoms with van der Waals surface area (Å²) in [6.45, 7) is 1.54. The van der Waals surface area contributed by atoms with E-state index in [1.807, 2.05) is 30.3 Å². The first-order chi connectivity index (χ1) is 13.5. The number of nitrogens with zero attached hydrogens (tertiary/aromatic N) is 1. The zero-order valence-corrected chi connectivity index (χ0v) is 16.0. The molecule has 0 fully saturated rings. The first kappa shape index (κ1) is 19.8. The maximum atomic E-state index is 12.7. The van der Waals surface area contributed by atoms with Crippen LogP contribution in [0, 0.1) is 0 Å². The Balaban J connectivity index is 1.75. The maximum absolute atomic E-state index is 12.7. The van der Waals surface area contributed by atoms with Crippen molar-refractivity contribution < 1.29 is 19.1 Å². The van der Waals surface area contributed by atoms with Gasteiger partial charge in [0.1, 0.15) is 13.2 Å². The fraction of sp³-hybridized carbons (Fsp3) is 0.238. The lowest BCUT2D eigenvalue weighted by atomic mass is 10.1. The molecule has 2 aromatic carbocycles. The molecule has 1 aliphatic rings. The molecule has 1 heterocycles. The molecule has 0 saturated heterocycles. The summed E-state index contributed by atoms with van der Waals surface area (Å²) in [7, 11) is 0. The van der Waals surface area contributed by atoms with Crippen LogP contribution in [-0.4, -0.2) is 36.5 Å². The SMILES string of the molecule is NC(=O)CCN(Cc1ccccc1)C(=O)/C=C/c1cc(Cl)c2c(c1)OCCO2. The molecule has 3 rings (SSSR count). The highest BCUT2D eigenvalue weighted by atomic mass is 35.5. The Kier molecular flexibility index (Phi) is 6.55. The van der Waals surface area contributed by atoms with Crippen LogP contribution in [-0.2, 0) is 16.1 Å². The fourth-order valence-electron chi connectivity index (χ4n) is 2.82. The normalized spacial score (nSPS) is 12.8. The summed E-state index contributed by atoms with van der Waals surface area (Å²) in [6.07, 6.45) is 3.21. The van der Waals surface area contributed by atoms with E-state index in [0.29, 0.717) is 36.3 Å². The van der Waals surface area contributed by atoms with Crippen molar-refractivity contribution in [1.29, 1.82) is 0 Å². The lowest BCUT2D eigenvalue weighted by Gasteiger charge is -2.21. The number of carbonyl (C=O) groups excluding carboxylic acids is 2. The second-order valence-corrected chi connectivity index (χ2v) is 6.73. The van der Waals surface area contributed by atoms with Gasteiger partial charge in [0.15, 0.2) is 11.5 Å². The Morgan fingerprint density at radius 2 is 1.89 bits per heavy atom. The van der Waals surface area contributed by atoms with Gasteiger partial charge in [-0.3, -0.25) is 9.59 Å². The molecule has 0 aromatic heterocycles. The van der Waals surface area contributed by atoms with E-state index in [9.17, 15) is 9.59 Å². The van der Waals surface area contributed by atoms with Crippen LogP contribution in [0.1, 0.15) is 17.5 Å². The van der Waals surface area contributed by atoms with E-state index >= 15 is 0 Å². The third-order valence-corrected chi connectivity index (χ3v) is 4.47. The monoisotopic (exact) mass is 400 g/mol. The fourth-order valence-corrected chi connectivity index (χ4v) is 3.09. The van der Waals surface area contributed by atoms with Gasteiger partial charge >= 0.3 is 0 Å². The number of hydrogen-bond donors (Lipinski definition) is 1. The van der Waals surface area contributed by atoms with Crippen molar-refractivity contribution in [3.8, 4) is 11.5 Å². The maximum Gasteiger partial charge on any atom is 0.246 e. The van der Waals surface area contributed by atoms with Crippen LogP contribution >= 0.6 is 11.6 Å². The van der Waals surface area contributed by atoms with Crippen LogP contribution in [0.25, 0.3) is 6.08 Å². The van der Waals surface area contributed by atoms with Crippen molar-refractivity contribution in [2.45, 2.75) is 13.0 Å². The molecule has 28 heavy (non-hydrogen) atoms. The number of carbonyl (C=O) groups is 2. The second kappa shape index (κ2) is 9.28. The minimum Gasteiger partial charge on any atom is -0.486 e. The van der Waals surface area contributed by atoms with Crippen LogP contribution in [0.15, 0.2) is 48.5 Å². The van der Waals surface area contributed by atoms with E-state index in [4.69, 9.17) is 26.8 Å². The standard InChI is InChI=1S/C21H21ClN2O4/c22-17-12-16(13-18-21(17)28-11-10-27-18)6-7-20(26)24(9-8-19(23)25)14-15-4-2-1-3-5-15/h1-7,12-13H,8-11,14H2,(H2,23,25)/b7-6+. The second-order valence-electron chi connectivity index (χ2n) is 6.32. The number of benzene rings is 2. The van der Waals surface area contributed by atoms with Crippen molar-refractivity contribution >= 4 is 29.5 Å². The summed E-state index contributed by atoms with van der Waals surface area (Å²) in [5, 5.41) is 0.430. The number of primary amides is 1. The molecule has 6 nitrogen and oxygen atoms in total. The summed E-state index contributed by atoms with van der Waals surface area (Å²) in [4.78, 5) is 25.4. The number of rotatable bonds is 7. The van der Waals surface area contributed by atoms with Gasteiger partial charge in [-0.1, -0.05) is 41.9 Å². The van der Waals surface area contributed by atoms with E-state index in [0.717, 1.165) is 11.1 Å². The topological polar surface area (TPSA) is 81.9 Å². The largest absolute Gasteiger partial charge is 0.486 e. The predicted octanol–water partition coefficient (Wildman–Crippen LogP) is 3.03.